The van der Waals surface area contributed by atoms with Crippen LogP contribution in [-0.4, -0.2) is 17.8 Å². The summed E-state index contributed by atoms with van der Waals surface area (Å²) in [4.78, 5) is 38.3. The van der Waals surface area contributed by atoms with Crippen molar-refractivity contribution in [1.82, 2.24) is 5.32 Å². The lowest BCUT2D eigenvalue weighted by molar-refractivity contribution is -0.122. The molecule has 0 bridgehead atoms. The molecule has 0 atom stereocenters. The third-order valence-electron chi connectivity index (χ3n) is 4.32. The molecule has 0 saturated carbocycles. The van der Waals surface area contributed by atoms with Crippen molar-refractivity contribution in [1.29, 1.82) is 0 Å². The summed E-state index contributed by atoms with van der Waals surface area (Å²) in [5.74, 6) is -0.917. The van der Waals surface area contributed by atoms with Crippen molar-refractivity contribution in [2.45, 2.75) is 0 Å². The largest absolute Gasteiger partial charge is 0.457 e. The van der Waals surface area contributed by atoms with E-state index in [-0.39, 0.29) is 27.1 Å². The van der Waals surface area contributed by atoms with Crippen LogP contribution in [0.3, 0.4) is 0 Å². The molecule has 1 aromatic heterocycles. The van der Waals surface area contributed by atoms with Crippen molar-refractivity contribution in [2.75, 3.05) is 4.90 Å². The van der Waals surface area contributed by atoms with E-state index in [1.807, 2.05) is 0 Å². The van der Waals surface area contributed by atoms with Gasteiger partial charge in [0.25, 0.3) is 11.8 Å². The number of barbiturate groups is 1. The van der Waals surface area contributed by atoms with Crippen LogP contribution in [0.1, 0.15) is 5.76 Å². The topological polar surface area (TPSA) is 79.6 Å². The first-order valence-corrected chi connectivity index (χ1v) is 9.70. The zero-order valence-corrected chi connectivity index (χ0v) is 17.3. The number of carbonyl (C=O) groups excluding carboxylic acids is 3. The first-order valence-electron chi connectivity index (χ1n) is 8.56. The van der Waals surface area contributed by atoms with E-state index in [4.69, 9.17) is 39.2 Å². The van der Waals surface area contributed by atoms with Gasteiger partial charge in [-0.25, -0.2) is 9.69 Å². The summed E-state index contributed by atoms with van der Waals surface area (Å²) in [6, 6.07) is 13.9. The molecule has 1 saturated heterocycles. The molecule has 0 unspecified atom stereocenters. The maximum Gasteiger partial charge on any atom is 0.336 e. The van der Waals surface area contributed by atoms with Crippen molar-refractivity contribution >= 4 is 64.4 Å². The second kappa shape index (κ2) is 7.99. The average molecular weight is 462 g/mol. The van der Waals surface area contributed by atoms with E-state index in [9.17, 15) is 14.4 Å². The van der Waals surface area contributed by atoms with Gasteiger partial charge in [-0.05, 0) is 54.6 Å². The number of nitrogens with zero attached hydrogens (tertiary/aromatic N) is 1. The SMILES string of the molecule is O=C1NC(=O)N(c2cccc(Cl)c2Cl)C(=O)/C1=C/c1ccc(-c2ccc(Cl)cc2)o1. The standard InChI is InChI=1S/C21H11Cl3N2O4/c22-12-6-4-11(5-7-12)17-9-8-13(30-17)10-14-19(27)25-21(29)26(20(14)28)16-3-1-2-15(23)18(16)24/h1-10H,(H,25,27,29)/b14-10+. The summed E-state index contributed by atoms with van der Waals surface area (Å²) in [6.07, 6.45) is 1.26. The molecule has 1 aliphatic rings. The van der Waals surface area contributed by atoms with Gasteiger partial charge in [-0.15, -0.1) is 0 Å². The molecule has 2 aromatic carbocycles. The summed E-state index contributed by atoms with van der Waals surface area (Å²) < 4.78 is 5.72. The molecule has 4 amide bonds. The molecular weight excluding hydrogens is 451 g/mol. The molecule has 0 spiro atoms. The molecule has 2 heterocycles. The van der Waals surface area contributed by atoms with Crippen molar-refractivity contribution in [3.63, 3.8) is 0 Å². The number of hydrogen-bond acceptors (Lipinski definition) is 4. The highest BCUT2D eigenvalue weighted by Gasteiger charge is 2.38. The number of halogens is 3. The van der Waals surface area contributed by atoms with E-state index in [2.05, 4.69) is 5.32 Å². The van der Waals surface area contributed by atoms with Crippen LogP contribution in [0, 0.1) is 0 Å². The minimum atomic E-state index is -0.924. The van der Waals surface area contributed by atoms with Gasteiger partial charge in [-0.3, -0.25) is 14.9 Å². The summed E-state index contributed by atoms with van der Waals surface area (Å²) >= 11 is 18.0. The number of benzene rings is 2. The molecule has 1 fully saturated rings. The van der Waals surface area contributed by atoms with Crippen LogP contribution in [0.25, 0.3) is 17.4 Å². The quantitative estimate of drug-likeness (QED) is 0.408. The Hall–Kier alpha value is -3.06. The fourth-order valence-electron chi connectivity index (χ4n) is 2.88. The van der Waals surface area contributed by atoms with Gasteiger partial charge in [0.05, 0.1) is 15.7 Å². The average Bonchev–Trinajstić information content (AvgIpc) is 3.17. The molecule has 9 heteroatoms. The molecule has 1 aliphatic heterocycles. The van der Waals surface area contributed by atoms with Gasteiger partial charge in [0.15, 0.2) is 0 Å². The number of rotatable bonds is 3. The van der Waals surface area contributed by atoms with Gasteiger partial charge in [0.1, 0.15) is 17.1 Å². The zero-order chi connectivity index (χ0) is 21.4. The number of nitrogens with one attached hydrogen (secondary N) is 1. The summed E-state index contributed by atoms with van der Waals surface area (Å²) in [7, 11) is 0. The molecule has 150 valence electrons. The second-order valence-corrected chi connectivity index (χ2v) is 7.46. The van der Waals surface area contributed by atoms with E-state index in [1.54, 1.807) is 36.4 Å². The zero-order valence-electron chi connectivity index (χ0n) is 15.0. The number of amides is 4. The minimum absolute atomic E-state index is 0.0133. The van der Waals surface area contributed by atoms with Crippen LogP contribution < -0.4 is 10.2 Å². The van der Waals surface area contributed by atoms with Gasteiger partial charge < -0.3 is 4.42 Å². The molecule has 0 radical (unpaired) electrons. The molecule has 3 aromatic rings. The van der Waals surface area contributed by atoms with Gasteiger partial charge >= 0.3 is 6.03 Å². The Bertz CT molecular complexity index is 1220. The monoisotopic (exact) mass is 460 g/mol. The summed E-state index contributed by atoms with van der Waals surface area (Å²) in [6.45, 7) is 0. The van der Waals surface area contributed by atoms with E-state index < -0.39 is 17.8 Å². The lowest BCUT2D eigenvalue weighted by Gasteiger charge is -2.27. The highest BCUT2D eigenvalue weighted by molar-refractivity contribution is 6.46. The van der Waals surface area contributed by atoms with Crippen molar-refractivity contribution in [2.24, 2.45) is 0 Å². The number of urea groups is 1. The Morgan fingerprint density at radius 3 is 2.37 bits per heavy atom. The van der Waals surface area contributed by atoms with Crippen LogP contribution in [-0.2, 0) is 9.59 Å². The van der Waals surface area contributed by atoms with Gasteiger partial charge in [-0.1, -0.05) is 40.9 Å². The number of furan rings is 1. The molecular formula is C21H11Cl3N2O4. The molecule has 30 heavy (non-hydrogen) atoms. The van der Waals surface area contributed by atoms with Crippen LogP contribution in [0.2, 0.25) is 15.1 Å². The van der Waals surface area contributed by atoms with E-state index in [0.717, 1.165) is 10.5 Å². The smallest absolute Gasteiger partial charge is 0.336 e. The first-order chi connectivity index (χ1) is 14.3. The number of imide groups is 2. The fourth-order valence-corrected chi connectivity index (χ4v) is 3.39. The maximum absolute atomic E-state index is 12.9. The molecule has 4 rings (SSSR count). The Balaban J connectivity index is 1.70. The van der Waals surface area contributed by atoms with Crippen LogP contribution >= 0.6 is 34.8 Å². The Morgan fingerprint density at radius 2 is 1.63 bits per heavy atom. The van der Waals surface area contributed by atoms with Gasteiger partial charge in [-0.2, -0.15) is 0 Å². The van der Waals surface area contributed by atoms with Crippen LogP contribution in [0.5, 0.6) is 0 Å². The Kier molecular flexibility index (Phi) is 5.39. The van der Waals surface area contributed by atoms with Gasteiger partial charge in [0.2, 0.25) is 0 Å². The highest BCUT2D eigenvalue weighted by Crippen LogP contribution is 2.34. The second-order valence-electron chi connectivity index (χ2n) is 6.24. The van der Waals surface area contributed by atoms with Crippen LogP contribution in [0.4, 0.5) is 10.5 Å². The summed E-state index contributed by atoms with van der Waals surface area (Å²) in [5.41, 5.74) is 0.542. The lowest BCUT2D eigenvalue weighted by atomic mass is 10.1. The molecule has 1 N–H and O–H groups in total. The van der Waals surface area contributed by atoms with Crippen molar-refractivity contribution < 1.29 is 18.8 Å². The number of anilines is 1. The third kappa shape index (κ3) is 3.73. The van der Waals surface area contributed by atoms with Gasteiger partial charge in [0, 0.05) is 10.6 Å². The molecule has 6 nitrogen and oxygen atoms in total. The summed E-state index contributed by atoms with van der Waals surface area (Å²) in [5, 5.41) is 2.88. The number of hydrogen-bond donors (Lipinski definition) is 1. The maximum atomic E-state index is 12.9. The minimum Gasteiger partial charge on any atom is -0.457 e. The lowest BCUT2D eigenvalue weighted by Crippen LogP contribution is -2.54. The third-order valence-corrected chi connectivity index (χ3v) is 5.38. The highest BCUT2D eigenvalue weighted by atomic mass is 35.5. The molecule has 0 aliphatic carbocycles. The predicted molar refractivity (Wildman–Crippen MR) is 115 cm³/mol. The van der Waals surface area contributed by atoms with E-state index in [0.29, 0.717) is 10.8 Å². The Labute approximate surface area is 185 Å². The van der Waals surface area contributed by atoms with Crippen LogP contribution in [0.15, 0.2) is 64.6 Å². The first kappa shape index (κ1) is 20.2. The fraction of sp³-hybridized carbons (Fsp3) is 0. The predicted octanol–water partition coefficient (Wildman–Crippen LogP) is 5.57. The van der Waals surface area contributed by atoms with Crippen molar-refractivity contribution in [3.8, 4) is 11.3 Å². The van der Waals surface area contributed by atoms with E-state index >= 15 is 0 Å². The normalized spacial score (nSPS) is 15.6. The van der Waals surface area contributed by atoms with Crippen molar-refractivity contribution in [3.05, 3.63) is 81.0 Å². The number of carbonyl (C=O) groups is 3. The Morgan fingerprint density at radius 1 is 0.900 bits per heavy atom. The van der Waals surface area contributed by atoms with E-state index in [1.165, 1.54) is 24.3 Å².